The van der Waals surface area contributed by atoms with E-state index in [1.54, 1.807) is 24.3 Å². The number of nitrogens with one attached hydrogen (secondary N) is 1. The standard InChI is InChI=1S/C16H16ClF3NO3P/c1-23-25(22,24-2)15(11-6-8-13(17)9-7-11)21-14-5-3-4-12(10-14)16(18,19)20/h3-10,15,21H,1-2H3/t15-/m0/s1. The van der Waals surface area contributed by atoms with Crippen molar-refractivity contribution in [2.75, 3.05) is 19.5 Å². The van der Waals surface area contributed by atoms with E-state index in [-0.39, 0.29) is 5.69 Å². The summed E-state index contributed by atoms with van der Waals surface area (Å²) < 4.78 is 61.6. The second kappa shape index (κ2) is 7.79. The molecule has 0 bridgehead atoms. The van der Waals surface area contributed by atoms with Crippen LogP contribution in [-0.4, -0.2) is 14.2 Å². The summed E-state index contributed by atoms with van der Waals surface area (Å²) in [6.45, 7) is 0. The van der Waals surface area contributed by atoms with E-state index in [1.807, 2.05) is 0 Å². The van der Waals surface area contributed by atoms with Gasteiger partial charge in [0.15, 0.2) is 5.78 Å². The number of anilines is 1. The minimum Gasteiger partial charge on any atom is -0.368 e. The molecule has 0 amide bonds. The van der Waals surface area contributed by atoms with Crippen LogP contribution in [0.2, 0.25) is 5.02 Å². The van der Waals surface area contributed by atoms with Gasteiger partial charge in [-0.15, -0.1) is 0 Å². The Hall–Kier alpha value is -1.53. The van der Waals surface area contributed by atoms with Gasteiger partial charge in [-0.3, -0.25) is 4.57 Å². The Morgan fingerprint density at radius 1 is 1.08 bits per heavy atom. The molecule has 0 saturated heterocycles. The molecule has 0 aliphatic heterocycles. The van der Waals surface area contributed by atoms with Gasteiger partial charge in [0.05, 0.1) is 5.56 Å². The maximum Gasteiger partial charge on any atom is 0.416 e. The predicted molar refractivity (Wildman–Crippen MR) is 90.9 cm³/mol. The third-order valence-corrected chi connectivity index (χ3v) is 5.83. The largest absolute Gasteiger partial charge is 0.416 e. The van der Waals surface area contributed by atoms with Gasteiger partial charge >= 0.3 is 13.8 Å². The minimum absolute atomic E-state index is 0.129. The zero-order valence-electron chi connectivity index (χ0n) is 13.4. The molecule has 2 rings (SSSR count). The third kappa shape index (κ3) is 4.76. The molecule has 0 aromatic heterocycles. The van der Waals surface area contributed by atoms with E-state index in [0.29, 0.717) is 10.6 Å². The molecule has 0 radical (unpaired) electrons. The van der Waals surface area contributed by atoms with Crippen LogP contribution in [0.3, 0.4) is 0 Å². The van der Waals surface area contributed by atoms with E-state index >= 15 is 0 Å². The number of hydrogen-bond donors (Lipinski definition) is 1. The molecule has 0 aliphatic carbocycles. The van der Waals surface area contributed by atoms with Crippen molar-refractivity contribution in [1.29, 1.82) is 0 Å². The second-order valence-electron chi connectivity index (χ2n) is 5.08. The van der Waals surface area contributed by atoms with Crippen LogP contribution in [0.25, 0.3) is 0 Å². The SMILES string of the molecule is COP(=O)(OC)[C@H](Nc1cccc(C(F)(F)F)c1)c1ccc(Cl)cc1. The Morgan fingerprint density at radius 2 is 1.68 bits per heavy atom. The maximum absolute atomic E-state index is 12.9. The van der Waals surface area contributed by atoms with Gasteiger partial charge in [-0.1, -0.05) is 29.8 Å². The lowest BCUT2D eigenvalue weighted by Crippen LogP contribution is -2.14. The first-order chi connectivity index (χ1) is 11.7. The number of hydrogen-bond acceptors (Lipinski definition) is 4. The Morgan fingerprint density at radius 3 is 2.20 bits per heavy atom. The van der Waals surface area contributed by atoms with E-state index in [2.05, 4.69) is 5.32 Å². The fraction of sp³-hybridized carbons (Fsp3) is 0.250. The average Bonchev–Trinajstić information content (AvgIpc) is 2.59. The van der Waals surface area contributed by atoms with E-state index in [4.69, 9.17) is 20.6 Å². The van der Waals surface area contributed by atoms with E-state index in [9.17, 15) is 17.7 Å². The van der Waals surface area contributed by atoms with E-state index < -0.39 is 25.1 Å². The van der Waals surface area contributed by atoms with Crippen LogP contribution in [0, 0.1) is 0 Å². The summed E-state index contributed by atoms with van der Waals surface area (Å²) in [6, 6.07) is 10.9. The predicted octanol–water partition coefficient (Wildman–Crippen LogP) is 5.96. The molecule has 136 valence electrons. The van der Waals surface area contributed by atoms with Gasteiger partial charge in [-0.05, 0) is 35.9 Å². The first-order valence-electron chi connectivity index (χ1n) is 7.10. The number of halogens is 4. The lowest BCUT2D eigenvalue weighted by molar-refractivity contribution is -0.137. The van der Waals surface area contributed by atoms with Crippen LogP contribution >= 0.6 is 19.2 Å². The fourth-order valence-corrected chi connectivity index (χ4v) is 3.76. The molecule has 25 heavy (non-hydrogen) atoms. The zero-order chi connectivity index (χ0) is 18.7. The highest BCUT2D eigenvalue weighted by Crippen LogP contribution is 2.59. The van der Waals surface area contributed by atoms with Crippen LogP contribution in [0.5, 0.6) is 0 Å². The monoisotopic (exact) mass is 393 g/mol. The van der Waals surface area contributed by atoms with Crippen molar-refractivity contribution in [3.8, 4) is 0 Å². The summed E-state index contributed by atoms with van der Waals surface area (Å²) in [6.07, 6.45) is -4.49. The Kier molecular flexibility index (Phi) is 6.16. The highest BCUT2D eigenvalue weighted by Gasteiger charge is 2.36. The van der Waals surface area contributed by atoms with Gasteiger partial charge in [0, 0.05) is 24.9 Å². The summed E-state index contributed by atoms with van der Waals surface area (Å²) in [7, 11) is -1.27. The highest BCUT2D eigenvalue weighted by molar-refractivity contribution is 7.54. The molecule has 9 heteroatoms. The summed E-state index contributed by atoms with van der Waals surface area (Å²) in [5.41, 5.74) is -0.199. The van der Waals surface area contributed by atoms with Crippen LogP contribution < -0.4 is 5.32 Å². The van der Waals surface area contributed by atoms with Crippen LogP contribution in [0.15, 0.2) is 48.5 Å². The van der Waals surface area contributed by atoms with E-state index in [0.717, 1.165) is 12.1 Å². The molecule has 0 heterocycles. The Balaban J connectivity index is 2.44. The first-order valence-corrected chi connectivity index (χ1v) is 9.09. The van der Waals surface area contributed by atoms with Gasteiger partial charge in [0.2, 0.25) is 0 Å². The van der Waals surface area contributed by atoms with Crippen molar-refractivity contribution >= 4 is 24.9 Å². The molecule has 0 spiro atoms. The quantitative estimate of drug-likeness (QED) is 0.615. The molecule has 0 saturated carbocycles. The van der Waals surface area contributed by atoms with Crippen LogP contribution in [-0.2, 0) is 19.8 Å². The van der Waals surface area contributed by atoms with Crippen molar-refractivity contribution < 1.29 is 26.8 Å². The van der Waals surface area contributed by atoms with Crippen molar-refractivity contribution in [1.82, 2.24) is 0 Å². The zero-order valence-corrected chi connectivity index (χ0v) is 15.0. The summed E-state index contributed by atoms with van der Waals surface area (Å²) in [5.74, 6) is -1.01. The summed E-state index contributed by atoms with van der Waals surface area (Å²) >= 11 is 5.85. The average molecular weight is 394 g/mol. The normalized spacial score (nSPS) is 13.5. The summed E-state index contributed by atoms with van der Waals surface area (Å²) in [4.78, 5) is 0. The van der Waals surface area contributed by atoms with Crippen molar-refractivity contribution in [3.05, 3.63) is 64.7 Å². The number of alkyl halides is 3. The number of rotatable bonds is 6. The van der Waals surface area contributed by atoms with Gasteiger partial charge in [0.1, 0.15) is 0 Å². The van der Waals surface area contributed by atoms with Gasteiger partial charge in [-0.25, -0.2) is 0 Å². The fourth-order valence-electron chi connectivity index (χ4n) is 2.22. The molecule has 2 aromatic rings. The smallest absolute Gasteiger partial charge is 0.368 e. The van der Waals surface area contributed by atoms with Crippen LogP contribution in [0.1, 0.15) is 16.9 Å². The van der Waals surface area contributed by atoms with Crippen molar-refractivity contribution in [3.63, 3.8) is 0 Å². The maximum atomic E-state index is 12.9. The molecule has 0 unspecified atom stereocenters. The first kappa shape index (κ1) is 19.8. The molecule has 0 fully saturated rings. The second-order valence-corrected chi connectivity index (χ2v) is 7.84. The summed E-state index contributed by atoms with van der Waals surface area (Å²) in [5, 5.41) is 3.28. The van der Waals surface area contributed by atoms with Crippen molar-refractivity contribution in [2.45, 2.75) is 12.0 Å². The highest BCUT2D eigenvalue weighted by atomic mass is 35.5. The minimum atomic E-state index is -4.49. The topological polar surface area (TPSA) is 47.6 Å². The Bertz CT molecular complexity index is 760. The third-order valence-electron chi connectivity index (χ3n) is 3.50. The molecule has 2 aromatic carbocycles. The van der Waals surface area contributed by atoms with Crippen LogP contribution in [0.4, 0.5) is 18.9 Å². The molecule has 1 N–H and O–H groups in total. The lowest BCUT2D eigenvalue weighted by Gasteiger charge is -2.26. The van der Waals surface area contributed by atoms with Gasteiger partial charge in [0.25, 0.3) is 0 Å². The number of benzene rings is 2. The molecule has 4 nitrogen and oxygen atoms in total. The van der Waals surface area contributed by atoms with Gasteiger partial charge in [-0.2, -0.15) is 13.2 Å². The molecular weight excluding hydrogens is 378 g/mol. The van der Waals surface area contributed by atoms with E-state index in [1.165, 1.54) is 26.4 Å². The molecule has 0 aliphatic rings. The molecule has 1 atom stereocenters. The lowest BCUT2D eigenvalue weighted by atomic mass is 10.1. The molecular formula is C16H16ClF3NO3P. The van der Waals surface area contributed by atoms with Crippen molar-refractivity contribution in [2.24, 2.45) is 0 Å². The Labute approximate surface area is 148 Å². The van der Waals surface area contributed by atoms with Gasteiger partial charge < -0.3 is 14.4 Å².